The standard InChI is InChI=1S/C22H24N4O4S/c1-4-31(28,29)26-18-12-11-16(14-15(18)2)24-22(27)17-8-7-13-23-21(17)25-19-9-5-6-10-20(19)30-3/h5-14,26H,4H2,1-3H3,(H,23,25)(H,24,27). The minimum atomic E-state index is -3.38. The molecule has 0 fully saturated rings. The van der Waals surface area contributed by atoms with Gasteiger partial charge < -0.3 is 15.4 Å². The van der Waals surface area contributed by atoms with Crippen molar-refractivity contribution in [3.8, 4) is 5.75 Å². The predicted octanol–water partition coefficient (Wildman–Crippen LogP) is 4.16. The van der Waals surface area contributed by atoms with Gasteiger partial charge in [0.1, 0.15) is 11.6 Å². The molecule has 0 saturated heterocycles. The Labute approximate surface area is 181 Å². The number of ether oxygens (including phenoxy) is 1. The number of sulfonamides is 1. The average Bonchev–Trinajstić information content (AvgIpc) is 2.76. The molecule has 0 atom stereocenters. The lowest BCUT2D eigenvalue weighted by atomic mass is 10.1. The SMILES string of the molecule is CCS(=O)(=O)Nc1ccc(NC(=O)c2cccnc2Nc2ccccc2OC)cc1C. The Balaban J connectivity index is 1.81. The van der Waals surface area contributed by atoms with Gasteiger partial charge in [-0.1, -0.05) is 12.1 Å². The molecule has 0 aliphatic heterocycles. The second kappa shape index (κ2) is 9.48. The van der Waals surface area contributed by atoms with Crippen LogP contribution in [0.2, 0.25) is 0 Å². The summed E-state index contributed by atoms with van der Waals surface area (Å²) < 4.78 is 31.5. The van der Waals surface area contributed by atoms with Gasteiger partial charge in [0.25, 0.3) is 5.91 Å². The van der Waals surface area contributed by atoms with Crippen molar-refractivity contribution in [1.29, 1.82) is 0 Å². The molecular formula is C22H24N4O4S. The van der Waals surface area contributed by atoms with E-state index in [1.807, 2.05) is 24.3 Å². The molecule has 3 N–H and O–H groups in total. The first-order valence-electron chi connectivity index (χ1n) is 9.60. The highest BCUT2D eigenvalue weighted by molar-refractivity contribution is 7.92. The van der Waals surface area contributed by atoms with Crippen molar-refractivity contribution < 1.29 is 17.9 Å². The van der Waals surface area contributed by atoms with Gasteiger partial charge in [-0.15, -0.1) is 0 Å². The molecule has 31 heavy (non-hydrogen) atoms. The summed E-state index contributed by atoms with van der Waals surface area (Å²) in [5, 5.41) is 5.97. The zero-order chi connectivity index (χ0) is 22.4. The number of nitrogens with one attached hydrogen (secondary N) is 3. The topological polar surface area (TPSA) is 109 Å². The first-order valence-corrected chi connectivity index (χ1v) is 11.3. The average molecular weight is 441 g/mol. The Morgan fingerprint density at radius 1 is 1.06 bits per heavy atom. The number of anilines is 4. The van der Waals surface area contributed by atoms with Crippen LogP contribution >= 0.6 is 0 Å². The highest BCUT2D eigenvalue weighted by Crippen LogP contribution is 2.28. The van der Waals surface area contributed by atoms with Crippen LogP contribution in [0.4, 0.5) is 22.9 Å². The molecule has 2 aromatic carbocycles. The molecule has 0 aliphatic carbocycles. The van der Waals surface area contributed by atoms with Gasteiger partial charge in [0, 0.05) is 11.9 Å². The van der Waals surface area contributed by atoms with E-state index in [9.17, 15) is 13.2 Å². The van der Waals surface area contributed by atoms with Crippen LogP contribution in [0.25, 0.3) is 0 Å². The van der Waals surface area contributed by atoms with Crippen molar-refractivity contribution in [2.45, 2.75) is 13.8 Å². The normalized spacial score (nSPS) is 10.9. The molecule has 3 rings (SSSR count). The molecule has 1 amide bonds. The van der Waals surface area contributed by atoms with Crippen LogP contribution in [0.1, 0.15) is 22.8 Å². The summed E-state index contributed by atoms with van der Waals surface area (Å²) in [6, 6.07) is 15.6. The van der Waals surface area contributed by atoms with E-state index in [-0.39, 0.29) is 11.7 Å². The Bertz CT molecular complexity index is 1200. The lowest BCUT2D eigenvalue weighted by molar-refractivity contribution is 0.102. The third-order valence-corrected chi connectivity index (χ3v) is 5.83. The van der Waals surface area contributed by atoms with Gasteiger partial charge in [0.15, 0.2) is 0 Å². The van der Waals surface area contributed by atoms with Crippen LogP contribution in [0.3, 0.4) is 0 Å². The summed E-state index contributed by atoms with van der Waals surface area (Å²) in [5.41, 5.74) is 2.73. The second-order valence-corrected chi connectivity index (χ2v) is 8.73. The molecule has 9 heteroatoms. The highest BCUT2D eigenvalue weighted by Gasteiger charge is 2.15. The van der Waals surface area contributed by atoms with Crippen LogP contribution < -0.4 is 20.1 Å². The number of benzene rings is 2. The fraction of sp³-hybridized carbons (Fsp3) is 0.182. The molecule has 0 radical (unpaired) electrons. The van der Waals surface area contributed by atoms with Gasteiger partial charge >= 0.3 is 0 Å². The van der Waals surface area contributed by atoms with Crippen molar-refractivity contribution in [3.05, 3.63) is 71.9 Å². The minimum absolute atomic E-state index is 0.0199. The van der Waals surface area contributed by atoms with E-state index in [2.05, 4.69) is 20.3 Å². The van der Waals surface area contributed by atoms with Gasteiger partial charge in [-0.05, 0) is 61.9 Å². The minimum Gasteiger partial charge on any atom is -0.495 e. The predicted molar refractivity (Wildman–Crippen MR) is 123 cm³/mol. The molecular weight excluding hydrogens is 416 g/mol. The smallest absolute Gasteiger partial charge is 0.259 e. The Hall–Kier alpha value is -3.59. The number of hydrogen-bond donors (Lipinski definition) is 3. The van der Waals surface area contributed by atoms with E-state index in [1.54, 1.807) is 57.5 Å². The fourth-order valence-electron chi connectivity index (χ4n) is 2.86. The summed E-state index contributed by atoms with van der Waals surface area (Å²) in [4.78, 5) is 17.2. The molecule has 0 bridgehead atoms. The van der Waals surface area contributed by atoms with Crippen molar-refractivity contribution >= 4 is 38.8 Å². The highest BCUT2D eigenvalue weighted by atomic mass is 32.2. The lowest BCUT2D eigenvalue weighted by Gasteiger charge is -2.14. The van der Waals surface area contributed by atoms with Crippen molar-refractivity contribution in [3.63, 3.8) is 0 Å². The number of para-hydroxylation sites is 2. The van der Waals surface area contributed by atoms with E-state index < -0.39 is 10.0 Å². The molecule has 162 valence electrons. The Morgan fingerprint density at radius 2 is 1.84 bits per heavy atom. The monoisotopic (exact) mass is 440 g/mol. The van der Waals surface area contributed by atoms with Gasteiger partial charge in [-0.25, -0.2) is 13.4 Å². The maximum Gasteiger partial charge on any atom is 0.259 e. The number of carbonyl (C=O) groups is 1. The van der Waals surface area contributed by atoms with Crippen molar-refractivity contribution in [2.24, 2.45) is 0 Å². The molecule has 1 heterocycles. The largest absolute Gasteiger partial charge is 0.495 e. The molecule has 0 aliphatic rings. The van der Waals surface area contributed by atoms with Gasteiger partial charge in [-0.2, -0.15) is 0 Å². The van der Waals surface area contributed by atoms with Crippen LogP contribution in [0.15, 0.2) is 60.8 Å². The fourth-order valence-corrected chi connectivity index (χ4v) is 3.57. The van der Waals surface area contributed by atoms with Gasteiger partial charge in [0.2, 0.25) is 10.0 Å². The summed E-state index contributed by atoms with van der Waals surface area (Å²) >= 11 is 0. The molecule has 3 aromatic rings. The number of aromatic nitrogens is 1. The van der Waals surface area contributed by atoms with Crippen LogP contribution in [0, 0.1) is 6.92 Å². The third kappa shape index (κ3) is 5.52. The van der Waals surface area contributed by atoms with Crippen molar-refractivity contribution in [2.75, 3.05) is 28.2 Å². The van der Waals surface area contributed by atoms with E-state index in [0.29, 0.717) is 39.8 Å². The molecule has 8 nitrogen and oxygen atoms in total. The number of nitrogens with zero attached hydrogens (tertiary/aromatic N) is 1. The van der Waals surface area contributed by atoms with Crippen LogP contribution in [-0.2, 0) is 10.0 Å². The molecule has 0 saturated carbocycles. The van der Waals surface area contributed by atoms with Crippen LogP contribution in [0.5, 0.6) is 5.75 Å². The quantitative estimate of drug-likeness (QED) is 0.485. The van der Waals surface area contributed by atoms with E-state index in [4.69, 9.17) is 4.74 Å². The number of pyridine rings is 1. The number of amides is 1. The zero-order valence-electron chi connectivity index (χ0n) is 17.5. The Kier molecular flexibility index (Phi) is 6.76. The first-order chi connectivity index (χ1) is 14.8. The summed E-state index contributed by atoms with van der Waals surface area (Å²) in [5.74, 6) is 0.633. The van der Waals surface area contributed by atoms with Crippen molar-refractivity contribution in [1.82, 2.24) is 4.98 Å². The second-order valence-electron chi connectivity index (χ2n) is 6.71. The Morgan fingerprint density at radius 3 is 2.55 bits per heavy atom. The number of carbonyl (C=O) groups excluding carboxylic acids is 1. The molecule has 0 spiro atoms. The molecule has 0 unspecified atom stereocenters. The summed E-state index contributed by atoms with van der Waals surface area (Å²) in [6.45, 7) is 3.33. The number of aryl methyl sites for hydroxylation is 1. The lowest BCUT2D eigenvalue weighted by Crippen LogP contribution is -2.16. The first kappa shape index (κ1) is 22.1. The van der Waals surface area contributed by atoms with Gasteiger partial charge in [0.05, 0.1) is 29.8 Å². The summed E-state index contributed by atoms with van der Waals surface area (Å²) in [7, 11) is -1.81. The maximum absolute atomic E-state index is 12.9. The van der Waals surface area contributed by atoms with Crippen LogP contribution in [-0.4, -0.2) is 32.2 Å². The van der Waals surface area contributed by atoms with E-state index in [0.717, 1.165) is 0 Å². The number of hydrogen-bond acceptors (Lipinski definition) is 6. The van der Waals surface area contributed by atoms with E-state index >= 15 is 0 Å². The maximum atomic E-state index is 12.9. The number of rotatable bonds is 8. The zero-order valence-corrected chi connectivity index (χ0v) is 18.3. The van der Waals surface area contributed by atoms with E-state index in [1.165, 1.54) is 0 Å². The summed E-state index contributed by atoms with van der Waals surface area (Å²) in [6.07, 6.45) is 1.59. The third-order valence-electron chi connectivity index (χ3n) is 4.54. The van der Waals surface area contributed by atoms with Gasteiger partial charge in [-0.3, -0.25) is 9.52 Å². The number of methoxy groups -OCH3 is 1. The molecule has 1 aromatic heterocycles.